The number of methoxy groups -OCH3 is 2. The number of unbranched alkanes of at least 4 members (excludes halogenated alkanes) is 1. The summed E-state index contributed by atoms with van der Waals surface area (Å²) in [4.78, 5) is 28.4. The van der Waals surface area contributed by atoms with E-state index in [0.29, 0.717) is 27.9 Å². The molecule has 0 bridgehead atoms. The summed E-state index contributed by atoms with van der Waals surface area (Å²) in [5.41, 5.74) is 0.784. The van der Waals surface area contributed by atoms with Gasteiger partial charge in [-0.1, -0.05) is 54.7 Å². The number of anilines is 1. The van der Waals surface area contributed by atoms with Crippen molar-refractivity contribution in [3.63, 3.8) is 0 Å². The molecule has 226 valence electrons. The zero-order chi connectivity index (χ0) is 30.9. The number of hydrogen-bond acceptors (Lipinski definition) is 6. The smallest absolute Gasteiger partial charge is 0.264 e. The highest BCUT2D eigenvalue weighted by atomic mass is 35.5. The summed E-state index contributed by atoms with van der Waals surface area (Å²) >= 11 is 12.3. The number of para-hydroxylation sites is 2. The van der Waals surface area contributed by atoms with Gasteiger partial charge in [0.25, 0.3) is 10.0 Å². The molecule has 1 N–H and O–H groups in total. The van der Waals surface area contributed by atoms with E-state index in [2.05, 4.69) is 5.32 Å². The van der Waals surface area contributed by atoms with Crippen molar-refractivity contribution in [3.8, 4) is 11.5 Å². The van der Waals surface area contributed by atoms with Crippen LogP contribution in [-0.4, -0.2) is 58.5 Å². The van der Waals surface area contributed by atoms with E-state index in [1.165, 1.54) is 43.4 Å². The summed E-state index contributed by atoms with van der Waals surface area (Å²) in [6.45, 7) is 3.43. The number of nitrogens with zero attached hydrogens (tertiary/aromatic N) is 2. The maximum absolute atomic E-state index is 14.1. The molecule has 0 heterocycles. The molecule has 0 saturated carbocycles. The van der Waals surface area contributed by atoms with Crippen LogP contribution in [-0.2, 0) is 26.2 Å². The van der Waals surface area contributed by atoms with E-state index in [1.807, 2.05) is 6.92 Å². The fourth-order valence-corrected chi connectivity index (χ4v) is 5.92. The van der Waals surface area contributed by atoms with Crippen LogP contribution in [0, 0.1) is 0 Å². The summed E-state index contributed by atoms with van der Waals surface area (Å²) in [6.07, 6.45) is 1.67. The molecule has 0 spiro atoms. The molecule has 3 aromatic rings. The minimum Gasteiger partial charge on any atom is -0.497 e. The Labute approximate surface area is 257 Å². The van der Waals surface area contributed by atoms with Gasteiger partial charge in [-0.05, 0) is 67.4 Å². The summed E-state index contributed by atoms with van der Waals surface area (Å²) in [6, 6.07) is 16.3. The molecule has 0 aromatic heterocycles. The Morgan fingerprint density at radius 2 is 1.64 bits per heavy atom. The van der Waals surface area contributed by atoms with E-state index >= 15 is 0 Å². The quantitative estimate of drug-likeness (QED) is 0.233. The van der Waals surface area contributed by atoms with Crippen molar-refractivity contribution in [1.29, 1.82) is 0 Å². The fourth-order valence-electron chi connectivity index (χ4n) is 4.18. The first-order chi connectivity index (χ1) is 20.0. The minimum atomic E-state index is -4.28. The molecule has 1 atom stereocenters. The van der Waals surface area contributed by atoms with Gasteiger partial charge in [0.05, 0.1) is 34.8 Å². The fraction of sp³-hybridized carbons (Fsp3) is 0.333. The molecule has 42 heavy (non-hydrogen) atoms. The monoisotopic (exact) mass is 635 g/mol. The van der Waals surface area contributed by atoms with E-state index in [-0.39, 0.29) is 28.8 Å². The Bertz CT molecular complexity index is 1480. The molecule has 0 fully saturated rings. The van der Waals surface area contributed by atoms with E-state index in [1.54, 1.807) is 49.4 Å². The first-order valence-electron chi connectivity index (χ1n) is 13.3. The Morgan fingerprint density at radius 1 is 0.952 bits per heavy atom. The van der Waals surface area contributed by atoms with Gasteiger partial charge in [-0.2, -0.15) is 0 Å². The number of ether oxygens (including phenoxy) is 2. The van der Waals surface area contributed by atoms with Crippen LogP contribution in [0.4, 0.5) is 5.69 Å². The molecule has 9 nitrogen and oxygen atoms in total. The van der Waals surface area contributed by atoms with E-state index in [0.717, 1.165) is 17.1 Å². The minimum absolute atomic E-state index is 0.0135. The van der Waals surface area contributed by atoms with Gasteiger partial charge < -0.3 is 19.7 Å². The topological polar surface area (TPSA) is 105 Å². The number of sulfonamides is 1. The van der Waals surface area contributed by atoms with Gasteiger partial charge >= 0.3 is 0 Å². The van der Waals surface area contributed by atoms with Crippen molar-refractivity contribution in [2.75, 3.05) is 31.6 Å². The maximum atomic E-state index is 14.1. The highest BCUT2D eigenvalue weighted by Gasteiger charge is 2.33. The Kier molecular flexibility index (Phi) is 11.9. The Balaban J connectivity index is 2.05. The molecule has 0 radical (unpaired) electrons. The molecule has 0 saturated heterocycles. The van der Waals surface area contributed by atoms with Crippen LogP contribution in [0.2, 0.25) is 10.0 Å². The number of halogens is 2. The number of rotatable bonds is 14. The summed E-state index contributed by atoms with van der Waals surface area (Å²) in [5, 5.41) is 3.49. The molecule has 12 heteroatoms. The third-order valence-electron chi connectivity index (χ3n) is 6.61. The first kappa shape index (κ1) is 33.0. The molecule has 3 rings (SSSR count). The zero-order valence-electron chi connectivity index (χ0n) is 24.0. The molecule has 0 unspecified atom stereocenters. The van der Waals surface area contributed by atoms with Crippen LogP contribution in [0.25, 0.3) is 0 Å². The van der Waals surface area contributed by atoms with Crippen molar-refractivity contribution < 1.29 is 27.5 Å². The van der Waals surface area contributed by atoms with Crippen LogP contribution < -0.4 is 19.1 Å². The standard InChI is InChI=1S/C30H35Cl2N3O6S/c1-5-6-17-33-30(37)21(2)34(19-22-11-16-25(31)26(32)18-22)29(36)20-35(27-9-7-8-10-28(27)41-4)42(38,39)24-14-12-23(40-3)13-15-24/h7-16,18,21H,5-6,17,19-20H2,1-4H3,(H,33,37)/t21-/m1/s1. The lowest BCUT2D eigenvalue weighted by molar-refractivity contribution is -0.139. The average molecular weight is 637 g/mol. The van der Waals surface area contributed by atoms with Crippen LogP contribution in [0.3, 0.4) is 0 Å². The number of hydrogen-bond donors (Lipinski definition) is 1. The number of amides is 2. The largest absolute Gasteiger partial charge is 0.497 e. The van der Waals surface area contributed by atoms with E-state index in [9.17, 15) is 18.0 Å². The summed E-state index contributed by atoms with van der Waals surface area (Å²) in [5.74, 6) is -0.241. The van der Waals surface area contributed by atoms with Gasteiger partial charge in [0.2, 0.25) is 11.8 Å². The normalized spacial score (nSPS) is 11.9. The lowest BCUT2D eigenvalue weighted by Gasteiger charge is -2.32. The second kappa shape index (κ2) is 15.1. The van der Waals surface area contributed by atoms with Crippen molar-refractivity contribution in [1.82, 2.24) is 10.2 Å². The lowest BCUT2D eigenvalue weighted by atomic mass is 10.1. The van der Waals surface area contributed by atoms with Crippen molar-refractivity contribution in [2.45, 2.75) is 44.2 Å². The molecule has 3 aromatic carbocycles. The van der Waals surface area contributed by atoms with Crippen LogP contribution in [0.1, 0.15) is 32.3 Å². The average Bonchev–Trinajstić information content (AvgIpc) is 2.99. The van der Waals surface area contributed by atoms with Crippen molar-refractivity contribution >= 4 is 50.7 Å². The molecule has 0 aliphatic carbocycles. The number of nitrogens with one attached hydrogen (secondary N) is 1. The van der Waals surface area contributed by atoms with Crippen molar-refractivity contribution in [2.24, 2.45) is 0 Å². The highest BCUT2D eigenvalue weighted by Crippen LogP contribution is 2.33. The van der Waals surface area contributed by atoms with E-state index in [4.69, 9.17) is 32.7 Å². The number of carbonyl (C=O) groups is 2. The molecular weight excluding hydrogens is 601 g/mol. The van der Waals surface area contributed by atoms with Crippen LogP contribution >= 0.6 is 23.2 Å². The number of benzene rings is 3. The summed E-state index contributed by atoms with van der Waals surface area (Å²) < 4.78 is 39.7. The predicted molar refractivity (Wildman–Crippen MR) is 165 cm³/mol. The van der Waals surface area contributed by atoms with E-state index < -0.39 is 28.5 Å². The molecule has 0 aliphatic rings. The van der Waals surface area contributed by atoms with Gasteiger partial charge in [-0.25, -0.2) is 8.42 Å². The second-order valence-electron chi connectivity index (χ2n) is 9.45. The van der Waals surface area contributed by atoms with Crippen molar-refractivity contribution in [3.05, 3.63) is 82.3 Å². The SMILES string of the molecule is CCCCNC(=O)[C@@H](C)N(Cc1ccc(Cl)c(Cl)c1)C(=O)CN(c1ccccc1OC)S(=O)(=O)c1ccc(OC)cc1. The Morgan fingerprint density at radius 3 is 2.26 bits per heavy atom. The van der Waals surface area contributed by atoms with Gasteiger partial charge in [0.15, 0.2) is 0 Å². The van der Waals surface area contributed by atoms with Gasteiger partial charge in [0.1, 0.15) is 24.1 Å². The zero-order valence-corrected chi connectivity index (χ0v) is 26.3. The molecule has 0 aliphatic heterocycles. The lowest BCUT2D eigenvalue weighted by Crippen LogP contribution is -2.51. The maximum Gasteiger partial charge on any atom is 0.264 e. The van der Waals surface area contributed by atoms with Crippen LogP contribution in [0.5, 0.6) is 11.5 Å². The molecular formula is C30H35Cl2N3O6S. The Hall–Kier alpha value is -3.47. The summed E-state index contributed by atoms with van der Waals surface area (Å²) in [7, 11) is -1.39. The first-order valence-corrected chi connectivity index (χ1v) is 15.5. The van der Waals surface area contributed by atoms with Gasteiger partial charge in [0, 0.05) is 13.1 Å². The van der Waals surface area contributed by atoms with Gasteiger partial charge in [-0.3, -0.25) is 13.9 Å². The second-order valence-corrected chi connectivity index (χ2v) is 12.1. The van der Waals surface area contributed by atoms with Gasteiger partial charge in [-0.15, -0.1) is 0 Å². The molecule has 2 amide bonds. The predicted octanol–water partition coefficient (Wildman–Crippen LogP) is 5.54. The highest BCUT2D eigenvalue weighted by molar-refractivity contribution is 7.92. The third-order valence-corrected chi connectivity index (χ3v) is 9.13. The van der Waals surface area contributed by atoms with Crippen LogP contribution in [0.15, 0.2) is 71.6 Å². The number of carbonyl (C=O) groups excluding carboxylic acids is 2. The third kappa shape index (κ3) is 8.08.